The van der Waals surface area contributed by atoms with Gasteiger partial charge in [-0.05, 0) is 71.1 Å². The van der Waals surface area contributed by atoms with Crippen molar-refractivity contribution in [1.82, 2.24) is 24.1 Å². The van der Waals surface area contributed by atoms with Gasteiger partial charge in [-0.1, -0.05) is 121 Å². The van der Waals surface area contributed by atoms with E-state index in [4.69, 9.17) is 15.0 Å². The zero-order valence-corrected chi connectivity index (χ0v) is 28.0. The fourth-order valence-corrected chi connectivity index (χ4v) is 7.90. The third kappa shape index (κ3) is 4.33. The highest BCUT2D eigenvalue weighted by Gasteiger charge is 2.21. The molecule has 5 heteroatoms. The van der Waals surface area contributed by atoms with E-state index in [0.29, 0.717) is 5.95 Å². The largest absolute Gasteiger partial charge is 0.294 e. The maximum Gasteiger partial charge on any atom is 0.235 e. The average molecular weight is 664 g/mol. The Morgan fingerprint density at radius 3 is 1.83 bits per heavy atom. The molecule has 11 rings (SSSR count). The second kappa shape index (κ2) is 11.2. The normalized spacial score (nSPS) is 11.8. The molecule has 2 aliphatic heterocycles. The van der Waals surface area contributed by atoms with E-state index in [1.165, 1.54) is 10.8 Å². The van der Waals surface area contributed by atoms with Gasteiger partial charge in [0.1, 0.15) is 5.82 Å². The second-order valence-electron chi connectivity index (χ2n) is 13.3. The van der Waals surface area contributed by atoms with Crippen molar-refractivity contribution in [1.29, 1.82) is 0 Å². The van der Waals surface area contributed by atoms with Crippen LogP contribution >= 0.6 is 0 Å². The lowest BCUT2D eigenvalue weighted by atomic mass is 9.99. The van der Waals surface area contributed by atoms with E-state index in [2.05, 4.69) is 173 Å². The van der Waals surface area contributed by atoms with Crippen molar-refractivity contribution >= 4 is 54.5 Å². The molecular formula is C47H29N5. The lowest BCUT2D eigenvalue weighted by Gasteiger charge is -2.17. The minimum Gasteiger partial charge on any atom is -0.294 e. The molecule has 52 heavy (non-hydrogen) atoms. The molecule has 2 aromatic heterocycles. The van der Waals surface area contributed by atoms with Gasteiger partial charge < -0.3 is 0 Å². The van der Waals surface area contributed by atoms with E-state index < -0.39 is 0 Å². The molecule has 0 saturated carbocycles. The van der Waals surface area contributed by atoms with Crippen LogP contribution in [0.25, 0.3) is 99.9 Å². The first-order chi connectivity index (χ1) is 25.8. The molecule has 0 amide bonds. The summed E-state index contributed by atoms with van der Waals surface area (Å²) in [7, 11) is 0. The summed E-state index contributed by atoms with van der Waals surface area (Å²) < 4.78 is 4.51. The molecule has 0 aliphatic carbocycles. The number of aromatic nitrogens is 5. The van der Waals surface area contributed by atoms with E-state index >= 15 is 0 Å². The molecule has 4 heterocycles. The summed E-state index contributed by atoms with van der Waals surface area (Å²) >= 11 is 0. The van der Waals surface area contributed by atoms with E-state index in [1.807, 2.05) is 12.1 Å². The lowest BCUT2D eigenvalue weighted by molar-refractivity contribution is 1.01. The number of nitrogens with zero attached hydrogens (tertiary/aromatic N) is 5. The number of fused-ring (bicyclic) bond motifs is 8. The standard InChI is InChI=1S/C47H29N5/c1-3-13-30(14-4-1)45-37-19-8-11-21-41(37)49-47(50-45)52-42-22-12-9-18-36(42)38-27-31(25-26-43(38)52)32-23-24-33-28-39-35-17-7-10-20-40(35)48-46(39)51(44(33)29-32)34-15-5-2-6-16-34/h1-29H. The van der Waals surface area contributed by atoms with Crippen molar-refractivity contribution in [3.63, 3.8) is 0 Å². The van der Waals surface area contributed by atoms with Gasteiger partial charge in [-0.2, -0.15) is 0 Å². The quantitative estimate of drug-likeness (QED) is 0.188. The highest BCUT2D eigenvalue weighted by molar-refractivity contribution is 6.11. The molecule has 0 radical (unpaired) electrons. The molecule has 0 fully saturated rings. The Hall–Kier alpha value is -7.11. The van der Waals surface area contributed by atoms with Gasteiger partial charge in [-0.3, -0.25) is 9.13 Å². The Kier molecular flexibility index (Phi) is 6.18. The first-order valence-electron chi connectivity index (χ1n) is 17.5. The van der Waals surface area contributed by atoms with Gasteiger partial charge in [0.2, 0.25) is 5.95 Å². The van der Waals surface area contributed by atoms with Crippen molar-refractivity contribution < 1.29 is 0 Å². The number of para-hydroxylation sites is 4. The Labute approximate surface area is 299 Å². The van der Waals surface area contributed by atoms with Gasteiger partial charge in [-0.25, -0.2) is 15.0 Å². The third-order valence-corrected chi connectivity index (χ3v) is 10.3. The van der Waals surface area contributed by atoms with Crippen LogP contribution < -0.4 is 0 Å². The van der Waals surface area contributed by atoms with Crippen LogP contribution in [0, 0.1) is 0 Å². The molecule has 0 unspecified atom stereocenters. The smallest absolute Gasteiger partial charge is 0.235 e. The minimum atomic E-state index is 0.657. The fourth-order valence-electron chi connectivity index (χ4n) is 7.90. The Balaban J connectivity index is 1.13. The second-order valence-corrected chi connectivity index (χ2v) is 13.3. The van der Waals surface area contributed by atoms with Gasteiger partial charge in [0, 0.05) is 38.4 Å². The van der Waals surface area contributed by atoms with Crippen LogP contribution in [0.2, 0.25) is 0 Å². The fraction of sp³-hybridized carbons (Fsp3) is 0. The van der Waals surface area contributed by atoms with Crippen molar-refractivity contribution in [2.75, 3.05) is 0 Å². The van der Waals surface area contributed by atoms with Crippen molar-refractivity contribution in [3.8, 4) is 45.4 Å². The summed E-state index contributed by atoms with van der Waals surface area (Å²) in [5, 5.41) is 5.68. The van der Waals surface area contributed by atoms with Gasteiger partial charge >= 0.3 is 0 Å². The summed E-state index contributed by atoms with van der Waals surface area (Å²) in [6, 6.07) is 62.0. The van der Waals surface area contributed by atoms with Gasteiger partial charge in [0.05, 0.1) is 33.3 Å². The van der Waals surface area contributed by atoms with Crippen LogP contribution in [0.5, 0.6) is 0 Å². The van der Waals surface area contributed by atoms with Gasteiger partial charge in [0.25, 0.3) is 0 Å². The molecule has 0 N–H and O–H groups in total. The van der Waals surface area contributed by atoms with E-state index in [1.54, 1.807) is 0 Å². The van der Waals surface area contributed by atoms with Crippen LogP contribution in [0.4, 0.5) is 0 Å². The zero-order valence-electron chi connectivity index (χ0n) is 28.0. The molecule has 0 bridgehead atoms. The molecular weight excluding hydrogens is 635 g/mol. The maximum atomic E-state index is 5.25. The molecule has 2 aliphatic rings. The van der Waals surface area contributed by atoms with E-state index in [9.17, 15) is 0 Å². The lowest BCUT2D eigenvalue weighted by Crippen LogP contribution is -2.03. The Morgan fingerprint density at radius 1 is 0.365 bits per heavy atom. The number of pyridine rings is 1. The Bertz CT molecular complexity index is 3120. The van der Waals surface area contributed by atoms with Gasteiger partial charge in [-0.15, -0.1) is 0 Å². The minimum absolute atomic E-state index is 0.657. The summed E-state index contributed by atoms with van der Waals surface area (Å²) in [6.07, 6.45) is 0. The highest BCUT2D eigenvalue weighted by atomic mass is 15.2. The van der Waals surface area contributed by atoms with Crippen molar-refractivity contribution in [3.05, 3.63) is 176 Å². The first-order valence-corrected chi connectivity index (χ1v) is 17.5. The average Bonchev–Trinajstić information content (AvgIpc) is 3.75. The SMILES string of the molecule is c1ccc(-c2nc(-n3c4ccccc4c4cc(-c5ccc6cc7c8ccccc8nc-7n(-c7ccccc7)c6c5)ccc43)nc3ccccc23)cc1. The predicted molar refractivity (Wildman–Crippen MR) is 214 cm³/mol. The van der Waals surface area contributed by atoms with Crippen LogP contribution in [0.15, 0.2) is 176 Å². The molecule has 9 aromatic rings. The topological polar surface area (TPSA) is 48.5 Å². The highest BCUT2D eigenvalue weighted by Crippen LogP contribution is 2.40. The van der Waals surface area contributed by atoms with Crippen LogP contribution in [0.1, 0.15) is 0 Å². The monoisotopic (exact) mass is 663 g/mol. The molecule has 7 aromatic carbocycles. The van der Waals surface area contributed by atoms with E-state index in [-0.39, 0.29) is 0 Å². The number of benzene rings is 7. The predicted octanol–water partition coefficient (Wildman–Crippen LogP) is 11.7. The first kappa shape index (κ1) is 28.7. The molecule has 5 nitrogen and oxygen atoms in total. The van der Waals surface area contributed by atoms with Crippen LogP contribution in [-0.2, 0) is 0 Å². The van der Waals surface area contributed by atoms with E-state index in [0.717, 1.165) is 83.2 Å². The molecule has 0 atom stereocenters. The van der Waals surface area contributed by atoms with Crippen LogP contribution in [0.3, 0.4) is 0 Å². The third-order valence-electron chi connectivity index (χ3n) is 10.3. The summed E-state index contributed by atoms with van der Waals surface area (Å²) in [5.74, 6) is 1.62. The summed E-state index contributed by atoms with van der Waals surface area (Å²) in [6.45, 7) is 0. The number of hydrogen-bond donors (Lipinski definition) is 0. The summed E-state index contributed by atoms with van der Waals surface area (Å²) in [5.41, 5.74) is 11.7. The maximum absolute atomic E-state index is 5.25. The van der Waals surface area contributed by atoms with Crippen molar-refractivity contribution in [2.45, 2.75) is 0 Å². The summed E-state index contributed by atoms with van der Waals surface area (Å²) in [4.78, 5) is 15.5. The Morgan fingerprint density at radius 2 is 1.00 bits per heavy atom. The molecule has 242 valence electrons. The molecule has 0 spiro atoms. The van der Waals surface area contributed by atoms with Gasteiger partial charge in [0.15, 0.2) is 0 Å². The zero-order chi connectivity index (χ0) is 34.2. The number of rotatable bonds is 4. The van der Waals surface area contributed by atoms with Crippen LogP contribution in [-0.4, -0.2) is 24.1 Å². The number of hydrogen-bond acceptors (Lipinski definition) is 3. The molecule has 0 saturated heterocycles. The van der Waals surface area contributed by atoms with Crippen molar-refractivity contribution in [2.24, 2.45) is 0 Å².